The summed E-state index contributed by atoms with van der Waals surface area (Å²) in [7, 11) is 0. The molecule has 1 aromatic rings. The van der Waals surface area contributed by atoms with E-state index in [1.807, 2.05) is 4.90 Å². The number of carboxylic acids is 1. The van der Waals surface area contributed by atoms with Crippen LogP contribution in [0.1, 0.15) is 53.3 Å². The number of aromatic nitrogens is 1. The Kier molecular flexibility index (Phi) is 5.30. The van der Waals surface area contributed by atoms with Gasteiger partial charge in [-0.2, -0.15) is 0 Å². The fraction of sp³-hybridized carbons (Fsp3) is 0.643. The molecule has 0 aliphatic carbocycles. The van der Waals surface area contributed by atoms with Crippen LogP contribution in [0.2, 0.25) is 0 Å². The fourth-order valence-corrected chi connectivity index (χ4v) is 3.35. The molecule has 0 radical (unpaired) electrons. The third-order valence-electron chi connectivity index (χ3n) is 3.34. The molecule has 0 bridgehead atoms. The summed E-state index contributed by atoms with van der Waals surface area (Å²) in [5, 5.41) is 9.74. The summed E-state index contributed by atoms with van der Waals surface area (Å²) < 4.78 is 5.77. The average Bonchev–Trinajstić information content (AvgIpc) is 2.91. The number of hydrogen-bond donors (Lipinski definition) is 1. The van der Waals surface area contributed by atoms with Gasteiger partial charge in [0.05, 0.1) is 6.10 Å². The second kappa shape index (κ2) is 7.00. The first kappa shape index (κ1) is 15.9. The van der Waals surface area contributed by atoms with Crippen LogP contribution in [0, 0.1) is 0 Å². The lowest BCUT2D eigenvalue weighted by Crippen LogP contribution is -2.39. The zero-order valence-electron chi connectivity index (χ0n) is 12.3. The molecule has 1 unspecified atom stereocenters. The molecule has 2 heterocycles. The Morgan fingerprint density at radius 3 is 2.86 bits per heavy atom. The van der Waals surface area contributed by atoms with Crippen molar-refractivity contribution in [3.05, 3.63) is 10.6 Å². The number of aromatic carboxylic acids is 1. The van der Waals surface area contributed by atoms with Crippen molar-refractivity contribution in [2.24, 2.45) is 0 Å². The highest BCUT2D eigenvalue weighted by atomic mass is 32.1. The first-order valence-electron chi connectivity index (χ1n) is 7.14. The molecule has 0 aromatic carbocycles. The van der Waals surface area contributed by atoms with Gasteiger partial charge in [0, 0.05) is 26.6 Å². The Balaban J connectivity index is 2.15. The average molecular weight is 312 g/mol. The van der Waals surface area contributed by atoms with Crippen molar-refractivity contribution >= 4 is 28.2 Å². The van der Waals surface area contributed by atoms with Gasteiger partial charge in [-0.3, -0.25) is 4.79 Å². The maximum atomic E-state index is 11.5. The minimum absolute atomic E-state index is 0.140. The second-order valence-corrected chi connectivity index (χ2v) is 6.09. The van der Waals surface area contributed by atoms with Gasteiger partial charge < -0.3 is 14.7 Å². The van der Waals surface area contributed by atoms with Crippen molar-refractivity contribution in [2.75, 3.05) is 24.6 Å². The van der Waals surface area contributed by atoms with Crippen molar-refractivity contribution in [2.45, 2.75) is 39.2 Å². The highest BCUT2D eigenvalue weighted by Gasteiger charge is 2.27. The number of hydrogen-bond acceptors (Lipinski definition) is 6. The molecule has 1 N–H and O–H groups in total. The lowest BCUT2D eigenvalue weighted by Gasteiger charge is -2.32. The number of ketones is 1. The van der Waals surface area contributed by atoms with Crippen molar-refractivity contribution in [1.29, 1.82) is 0 Å². The summed E-state index contributed by atoms with van der Waals surface area (Å²) in [6, 6.07) is 0. The summed E-state index contributed by atoms with van der Waals surface area (Å²) in [6.07, 6.45) is 3.11. The van der Waals surface area contributed by atoms with E-state index in [1.165, 1.54) is 6.92 Å². The fourth-order valence-electron chi connectivity index (χ4n) is 2.36. The molecule has 0 amide bonds. The molecule has 116 valence electrons. The van der Waals surface area contributed by atoms with Gasteiger partial charge in [-0.25, -0.2) is 9.78 Å². The molecular weight excluding hydrogens is 292 g/mol. The lowest BCUT2D eigenvalue weighted by molar-refractivity contribution is 0.0440. The molecule has 2 rings (SSSR count). The summed E-state index contributed by atoms with van der Waals surface area (Å²) in [5.74, 6) is -1.41. The van der Waals surface area contributed by atoms with E-state index in [1.54, 1.807) is 0 Å². The van der Waals surface area contributed by atoms with Gasteiger partial charge in [0.2, 0.25) is 0 Å². The van der Waals surface area contributed by atoms with E-state index in [-0.39, 0.29) is 22.5 Å². The monoisotopic (exact) mass is 312 g/mol. The third-order valence-corrected chi connectivity index (χ3v) is 4.56. The predicted octanol–water partition coefficient (Wildman–Crippen LogP) is 2.44. The Morgan fingerprint density at radius 2 is 2.29 bits per heavy atom. The second-order valence-electron chi connectivity index (χ2n) is 5.12. The number of carbonyl (C=O) groups excluding carboxylic acids is 1. The summed E-state index contributed by atoms with van der Waals surface area (Å²) >= 11 is 1.16. The maximum Gasteiger partial charge on any atom is 0.356 e. The van der Waals surface area contributed by atoms with Crippen molar-refractivity contribution < 1.29 is 19.4 Å². The van der Waals surface area contributed by atoms with E-state index in [2.05, 4.69) is 11.9 Å². The third kappa shape index (κ3) is 3.79. The van der Waals surface area contributed by atoms with Crippen molar-refractivity contribution in [1.82, 2.24) is 4.98 Å². The molecule has 0 saturated carbocycles. The van der Waals surface area contributed by atoms with Gasteiger partial charge in [0.1, 0.15) is 4.88 Å². The number of thiazole rings is 1. The number of nitrogens with zero attached hydrogens (tertiary/aromatic N) is 2. The first-order valence-corrected chi connectivity index (χ1v) is 7.96. The number of Topliss-reactive ketones (excluding diaryl/α,β-unsaturated/α-hetero) is 1. The van der Waals surface area contributed by atoms with Gasteiger partial charge in [-0.15, -0.1) is 0 Å². The van der Waals surface area contributed by atoms with Gasteiger partial charge >= 0.3 is 5.97 Å². The standard InChI is InChI=1S/C14H20N2O4S/c1-3-7-20-10-5-4-6-16(8-10)14-15-11(13(18)19)12(21-14)9(2)17/h10H,3-8H2,1-2H3,(H,18,19). The molecule has 1 aliphatic heterocycles. The van der Waals surface area contributed by atoms with Crippen LogP contribution in [0.3, 0.4) is 0 Å². The normalized spacial score (nSPS) is 18.8. The van der Waals surface area contributed by atoms with Crippen LogP contribution in [0.15, 0.2) is 0 Å². The molecule has 1 atom stereocenters. The smallest absolute Gasteiger partial charge is 0.356 e. The van der Waals surface area contributed by atoms with E-state index in [4.69, 9.17) is 9.84 Å². The molecular formula is C14H20N2O4S. The molecule has 0 spiro atoms. The summed E-state index contributed by atoms with van der Waals surface area (Å²) in [5.41, 5.74) is -0.140. The lowest BCUT2D eigenvalue weighted by atomic mass is 10.1. The molecule has 1 fully saturated rings. The van der Waals surface area contributed by atoms with Gasteiger partial charge in [-0.05, 0) is 19.3 Å². The minimum atomic E-state index is -1.15. The Morgan fingerprint density at radius 1 is 1.52 bits per heavy atom. The highest BCUT2D eigenvalue weighted by molar-refractivity contribution is 7.17. The first-order chi connectivity index (χ1) is 10.0. The zero-order chi connectivity index (χ0) is 15.4. The topological polar surface area (TPSA) is 79.7 Å². The molecule has 1 saturated heterocycles. The van der Waals surface area contributed by atoms with Crippen LogP contribution in [-0.2, 0) is 4.74 Å². The largest absolute Gasteiger partial charge is 0.476 e. The van der Waals surface area contributed by atoms with E-state index in [0.717, 1.165) is 43.8 Å². The van der Waals surface area contributed by atoms with Gasteiger partial charge in [-0.1, -0.05) is 18.3 Å². The van der Waals surface area contributed by atoms with Crippen LogP contribution in [0.25, 0.3) is 0 Å². The number of rotatable bonds is 6. The van der Waals surface area contributed by atoms with E-state index >= 15 is 0 Å². The molecule has 1 aromatic heterocycles. The molecule has 7 heteroatoms. The zero-order valence-corrected chi connectivity index (χ0v) is 13.1. The molecule has 21 heavy (non-hydrogen) atoms. The van der Waals surface area contributed by atoms with Crippen molar-refractivity contribution in [3.63, 3.8) is 0 Å². The van der Waals surface area contributed by atoms with E-state index in [0.29, 0.717) is 11.7 Å². The summed E-state index contributed by atoms with van der Waals surface area (Å²) in [6.45, 7) is 5.68. The Hall–Kier alpha value is -1.47. The highest BCUT2D eigenvalue weighted by Crippen LogP contribution is 2.29. The number of piperidine rings is 1. The Bertz CT molecular complexity index is 498. The minimum Gasteiger partial charge on any atom is -0.476 e. The van der Waals surface area contributed by atoms with E-state index < -0.39 is 5.97 Å². The van der Waals surface area contributed by atoms with Crippen molar-refractivity contribution in [3.8, 4) is 0 Å². The van der Waals surface area contributed by atoms with Gasteiger partial charge in [0.15, 0.2) is 16.6 Å². The number of carbonyl (C=O) groups is 2. The predicted molar refractivity (Wildman–Crippen MR) is 80.6 cm³/mol. The number of ether oxygens (including phenoxy) is 1. The number of anilines is 1. The van der Waals surface area contributed by atoms with Crippen LogP contribution in [0.4, 0.5) is 5.13 Å². The van der Waals surface area contributed by atoms with Crippen LogP contribution >= 0.6 is 11.3 Å². The van der Waals surface area contributed by atoms with Gasteiger partial charge in [0.25, 0.3) is 0 Å². The molecule has 6 nitrogen and oxygen atoms in total. The Labute approximate surface area is 127 Å². The van der Waals surface area contributed by atoms with E-state index in [9.17, 15) is 9.59 Å². The summed E-state index contributed by atoms with van der Waals surface area (Å²) in [4.78, 5) is 29.1. The van der Waals surface area contributed by atoms with Crippen LogP contribution < -0.4 is 4.90 Å². The quantitative estimate of drug-likeness (QED) is 0.813. The SMILES string of the molecule is CCCOC1CCCN(c2nc(C(=O)O)c(C(C)=O)s2)C1. The van der Waals surface area contributed by atoms with Crippen LogP contribution in [-0.4, -0.2) is 47.6 Å². The molecule has 1 aliphatic rings. The van der Waals surface area contributed by atoms with Crippen LogP contribution in [0.5, 0.6) is 0 Å². The number of carboxylic acid groups (broad SMARTS) is 1. The maximum absolute atomic E-state index is 11.5.